The zero-order valence-corrected chi connectivity index (χ0v) is 17.4. The Hall–Kier alpha value is -3.07. The zero-order valence-electron chi connectivity index (χ0n) is 17.4. The van der Waals surface area contributed by atoms with Crippen LogP contribution in [0.2, 0.25) is 0 Å². The highest BCUT2D eigenvalue weighted by Gasteiger charge is 2.45. The summed E-state index contributed by atoms with van der Waals surface area (Å²) in [4.78, 5) is 62.6. The van der Waals surface area contributed by atoms with E-state index >= 15 is 0 Å². The molecule has 9 nitrogen and oxygen atoms in total. The topological polar surface area (TPSA) is 139 Å². The van der Waals surface area contributed by atoms with Gasteiger partial charge in [-0.25, -0.2) is 0 Å². The summed E-state index contributed by atoms with van der Waals surface area (Å²) in [7, 11) is 0. The normalized spacial score (nSPS) is 18.2. The van der Waals surface area contributed by atoms with E-state index in [4.69, 9.17) is 5.73 Å². The van der Waals surface area contributed by atoms with Gasteiger partial charge in [0.2, 0.25) is 17.7 Å². The molecular weight excluding hydrogens is 400 g/mol. The van der Waals surface area contributed by atoms with Crippen molar-refractivity contribution in [3.63, 3.8) is 0 Å². The molecule has 2 aliphatic heterocycles. The third kappa shape index (κ3) is 5.16. The lowest BCUT2D eigenvalue weighted by molar-refractivity contribution is -0.136. The second-order valence-electron chi connectivity index (χ2n) is 7.88. The smallest absolute Gasteiger partial charge is 0.264 e. The minimum atomic E-state index is -1.03. The number of carbonyl (C=O) groups is 5. The molecular formula is C22H28N4O5. The van der Waals surface area contributed by atoms with Crippen LogP contribution in [0.3, 0.4) is 0 Å². The summed E-state index contributed by atoms with van der Waals surface area (Å²) in [6.45, 7) is 0.700. The molecule has 2 aliphatic rings. The number of piperidine rings is 1. The van der Waals surface area contributed by atoms with Crippen molar-refractivity contribution in [2.75, 3.05) is 11.9 Å². The van der Waals surface area contributed by atoms with Crippen LogP contribution in [-0.2, 0) is 14.4 Å². The fraction of sp³-hybridized carbons (Fsp3) is 0.500. The Kier molecular flexibility index (Phi) is 7.51. The monoisotopic (exact) mass is 428 g/mol. The van der Waals surface area contributed by atoms with Crippen LogP contribution in [0, 0.1) is 0 Å². The predicted molar refractivity (Wildman–Crippen MR) is 113 cm³/mol. The SMILES string of the molecule is NCCCCCCCCC(=O)Nc1cccc2c1C(=O)N(C1CCC(=O)NC1=O)C2=O. The van der Waals surface area contributed by atoms with Crippen molar-refractivity contribution in [3.05, 3.63) is 29.3 Å². The van der Waals surface area contributed by atoms with Gasteiger partial charge in [0.15, 0.2) is 0 Å². The van der Waals surface area contributed by atoms with E-state index in [2.05, 4.69) is 10.6 Å². The average molecular weight is 428 g/mol. The highest BCUT2D eigenvalue weighted by atomic mass is 16.2. The first-order valence-corrected chi connectivity index (χ1v) is 10.8. The van der Waals surface area contributed by atoms with Gasteiger partial charge < -0.3 is 11.1 Å². The van der Waals surface area contributed by atoms with E-state index in [1.807, 2.05) is 0 Å². The van der Waals surface area contributed by atoms with E-state index in [1.54, 1.807) is 12.1 Å². The van der Waals surface area contributed by atoms with Gasteiger partial charge in [-0.2, -0.15) is 0 Å². The highest BCUT2D eigenvalue weighted by molar-refractivity contribution is 6.26. The van der Waals surface area contributed by atoms with E-state index in [0.29, 0.717) is 13.0 Å². The predicted octanol–water partition coefficient (Wildman–Crippen LogP) is 1.72. The molecule has 2 heterocycles. The van der Waals surface area contributed by atoms with E-state index < -0.39 is 29.7 Å². The standard InChI is InChI=1S/C22H28N4O5/c23-13-6-4-2-1-3-5-10-17(27)24-15-9-7-8-14-19(15)22(31)26(21(14)30)16-11-12-18(28)25-20(16)29/h7-9,16H,1-6,10-13,23H2,(H,24,27)(H,25,28,29). The highest BCUT2D eigenvalue weighted by Crippen LogP contribution is 2.32. The number of nitrogens with one attached hydrogen (secondary N) is 2. The molecule has 0 bridgehead atoms. The van der Waals surface area contributed by atoms with Gasteiger partial charge in [0, 0.05) is 12.8 Å². The minimum absolute atomic E-state index is 0.0552. The van der Waals surface area contributed by atoms with Crippen molar-refractivity contribution in [2.24, 2.45) is 5.73 Å². The summed E-state index contributed by atoms with van der Waals surface area (Å²) >= 11 is 0. The van der Waals surface area contributed by atoms with Gasteiger partial charge in [-0.3, -0.25) is 34.2 Å². The molecule has 0 spiro atoms. The lowest BCUT2D eigenvalue weighted by atomic mass is 10.0. The number of carbonyl (C=O) groups excluding carboxylic acids is 5. The van der Waals surface area contributed by atoms with Crippen LogP contribution < -0.4 is 16.4 Å². The van der Waals surface area contributed by atoms with Crippen molar-refractivity contribution < 1.29 is 24.0 Å². The van der Waals surface area contributed by atoms with Gasteiger partial charge in [0.25, 0.3) is 11.8 Å². The number of hydrogen-bond donors (Lipinski definition) is 3. The number of anilines is 1. The van der Waals surface area contributed by atoms with Gasteiger partial charge >= 0.3 is 0 Å². The molecule has 0 saturated carbocycles. The van der Waals surface area contributed by atoms with Crippen molar-refractivity contribution in [2.45, 2.75) is 63.8 Å². The number of unbranched alkanes of at least 4 members (excludes halogenated alkanes) is 5. The number of rotatable bonds is 10. The second kappa shape index (κ2) is 10.3. The van der Waals surface area contributed by atoms with Crippen molar-refractivity contribution in [1.29, 1.82) is 0 Å². The summed E-state index contributed by atoms with van der Waals surface area (Å²) in [5.41, 5.74) is 5.97. The van der Waals surface area contributed by atoms with E-state index in [0.717, 1.165) is 43.4 Å². The molecule has 1 saturated heterocycles. The third-order valence-electron chi connectivity index (χ3n) is 5.60. The van der Waals surface area contributed by atoms with Crippen LogP contribution in [0.1, 0.15) is 78.5 Å². The van der Waals surface area contributed by atoms with Gasteiger partial charge in [0.05, 0.1) is 16.8 Å². The number of fused-ring (bicyclic) bond motifs is 1. The molecule has 1 atom stereocenters. The van der Waals surface area contributed by atoms with Gasteiger partial charge in [-0.05, 0) is 37.9 Å². The molecule has 0 aromatic heterocycles. The number of nitrogens with two attached hydrogens (primary N) is 1. The van der Waals surface area contributed by atoms with Gasteiger partial charge in [0.1, 0.15) is 6.04 Å². The zero-order chi connectivity index (χ0) is 22.4. The fourth-order valence-electron chi connectivity index (χ4n) is 3.97. The summed E-state index contributed by atoms with van der Waals surface area (Å²) in [5.74, 6) is -2.54. The molecule has 1 unspecified atom stereocenters. The Labute approximate surface area is 180 Å². The maximum atomic E-state index is 13.0. The van der Waals surface area contributed by atoms with Crippen LogP contribution in [0.25, 0.3) is 0 Å². The molecule has 3 rings (SSSR count). The molecule has 9 heteroatoms. The quantitative estimate of drug-likeness (QED) is 0.383. The Morgan fingerprint density at radius 3 is 2.45 bits per heavy atom. The number of nitrogens with zero attached hydrogens (tertiary/aromatic N) is 1. The minimum Gasteiger partial charge on any atom is -0.330 e. The molecule has 0 radical (unpaired) electrons. The molecule has 1 fully saturated rings. The van der Waals surface area contributed by atoms with Gasteiger partial charge in [-0.1, -0.05) is 31.7 Å². The lowest BCUT2D eigenvalue weighted by Crippen LogP contribution is -2.54. The number of benzene rings is 1. The van der Waals surface area contributed by atoms with Crippen molar-refractivity contribution >= 4 is 35.2 Å². The maximum Gasteiger partial charge on any atom is 0.264 e. The van der Waals surface area contributed by atoms with Crippen LogP contribution in [0.4, 0.5) is 5.69 Å². The summed E-state index contributed by atoms with van der Waals surface area (Å²) in [6, 6.07) is 3.62. The Balaban J connectivity index is 1.62. The molecule has 4 N–H and O–H groups in total. The number of imide groups is 2. The van der Waals surface area contributed by atoms with E-state index in [1.165, 1.54) is 6.07 Å². The average Bonchev–Trinajstić information content (AvgIpc) is 2.99. The van der Waals surface area contributed by atoms with E-state index in [-0.39, 0.29) is 35.6 Å². The molecule has 1 aromatic rings. The van der Waals surface area contributed by atoms with Crippen molar-refractivity contribution in [1.82, 2.24) is 10.2 Å². The molecule has 31 heavy (non-hydrogen) atoms. The van der Waals surface area contributed by atoms with Crippen LogP contribution in [-0.4, -0.2) is 47.0 Å². The second-order valence-corrected chi connectivity index (χ2v) is 7.88. The fourth-order valence-corrected chi connectivity index (χ4v) is 3.97. The summed E-state index contributed by atoms with van der Waals surface area (Å²) < 4.78 is 0. The van der Waals surface area contributed by atoms with Crippen LogP contribution >= 0.6 is 0 Å². The molecule has 0 aliphatic carbocycles. The largest absolute Gasteiger partial charge is 0.330 e. The molecule has 1 aromatic carbocycles. The summed E-state index contributed by atoms with van der Waals surface area (Å²) in [6.07, 6.45) is 6.38. The molecule has 5 amide bonds. The van der Waals surface area contributed by atoms with Crippen LogP contribution in [0.5, 0.6) is 0 Å². The maximum absolute atomic E-state index is 13.0. The Morgan fingerprint density at radius 1 is 1.03 bits per heavy atom. The van der Waals surface area contributed by atoms with Gasteiger partial charge in [-0.15, -0.1) is 0 Å². The third-order valence-corrected chi connectivity index (χ3v) is 5.60. The number of hydrogen-bond acceptors (Lipinski definition) is 6. The Bertz CT molecular complexity index is 898. The molecule has 166 valence electrons. The Morgan fingerprint density at radius 2 is 1.74 bits per heavy atom. The van der Waals surface area contributed by atoms with Crippen molar-refractivity contribution in [3.8, 4) is 0 Å². The van der Waals surface area contributed by atoms with Crippen LogP contribution in [0.15, 0.2) is 18.2 Å². The lowest BCUT2D eigenvalue weighted by Gasteiger charge is -2.27. The van der Waals surface area contributed by atoms with E-state index in [9.17, 15) is 24.0 Å². The first kappa shape index (κ1) is 22.6. The first-order chi connectivity index (χ1) is 14.9. The number of amides is 5. The first-order valence-electron chi connectivity index (χ1n) is 10.8. The summed E-state index contributed by atoms with van der Waals surface area (Å²) in [5, 5.41) is 4.90.